The molecule has 2 bridgehead atoms. The second-order valence-electron chi connectivity index (χ2n) is 18.7. The fourth-order valence-corrected chi connectivity index (χ4v) is 13.6. The van der Waals surface area contributed by atoms with Gasteiger partial charge in [0.2, 0.25) is 5.60 Å². The molecule has 2 aromatic carbocycles. The van der Waals surface area contributed by atoms with E-state index >= 15 is 4.79 Å². The van der Waals surface area contributed by atoms with Gasteiger partial charge in [-0.05, 0) is 74.2 Å². The highest BCUT2D eigenvalue weighted by atomic mass is 32.3. The molecule has 1 amide bonds. The molecule has 1 unspecified atom stereocenters. The van der Waals surface area contributed by atoms with E-state index in [9.17, 15) is 19.8 Å². The molecule has 64 heavy (non-hydrogen) atoms. The Bertz CT molecular complexity index is 2510. The number of amides is 1. The number of aliphatic hydroxyl groups is 2. The summed E-state index contributed by atoms with van der Waals surface area (Å²) in [5, 5.41) is 29.2. The van der Waals surface area contributed by atoms with E-state index in [4.69, 9.17) is 31.7 Å². The maximum Gasteiger partial charge on any atom is 0.394 e. The molecular formula is C46H61N5O12S. The molecule has 6 heterocycles. The molecule has 17 nitrogen and oxygen atoms in total. The quantitative estimate of drug-likeness (QED) is 0.114. The highest BCUT2D eigenvalue weighted by Crippen LogP contribution is 2.68. The van der Waals surface area contributed by atoms with Gasteiger partial charge in [-0.25, -0.2) is 0 Å². The van der Waals surface area contributed by atoms with Crippen LogP contribution in [0.5, 0.6) is 5.75 Å². The van der Waals surface area contributed by atoms with Crippen LogP contribution in [0.1, 0.15) is 75.3 Å². The van der Waals surface area contributed by atoms with Gasteiger partial charge in [0.05, 0.1) is 25.9 Å². The predicted molar refractivity (Wildman–Crippen MR) is 237 cm³/mol. The topological polar surface area (TPSA) is 231 Å². The number of benzene rings is 2. The number of methoxy groups -OCH3 is 2. The van der Waals surface area contributed by atoms with E-state index in [1.807, 2.05) is 50.1 Å². The Hall–Kier alpha value is -4.56. The van der Waals surface area contributed by atoms with Crippen LogP contribution in [0.15, 0.2) is 48.6 Å². The number of aromatic amines is 1. The van der Waals surface area contributed by atoms with Gasteiger partial charge in [0.15, 0.2) is 6.10 Å². The zero-order chi connectivity index (χ0) is 46.4. The Morgan fingerprint density at radius 2 is 1.72 bits per heavy atom. The van der Waals surface area contributed by atoms with Crippen molar-refractivity contribution in [2.24, 2.45) is 11.3 Å². The monoisotopic (exact) mass is 907 g/mol. The largest absolute Gasteiger partial charge is 0.496 e. The number of fused-ring (bicyclic) bond motifs is 6. The van der Waals surface area contributed by atoms with Crippen molar-refractivity contribution >= 4 is 44.8 Å². The Morgan fingerprint density at radius 3 is 2.36 bits per heavy atom. The van der Waals surface area contributed by atoms with E-state index < -0.39 is 67.8 Å². The maximum absolute atomic E-state index is 15.3. The molecule has 10 atom stereocenters. The highest BCUT2D eigenvalue weighted by molar-refractivity contribution is 7.79. The first-order valence-electron chi connectivity index (χ1n) is 22.0. The third-order valence-electron chi connectivity index (χ3n) is 15.7. The van der Waals surface area contributed by atoms with Crippen LogP contribution in [0.2, 0.25) is 0 Å². The second kappa shape index (κ2) is 16.1. The number of aromatic nitrogens is 1. The van der Waals surface area contributed by atoms with Crippen molar-refractivity contribution in [2.75, 3.05) is 65.9 Å². The second-order valence-corrected chi connectivity index (χ2v) is 19.6. The van der Waals surface area contributed by atoms with Crippen molar-refractivity contribution in [1.29, 1.82) is 0 Å². The van der Waals surface area contributed by atoms with Crippen LogP contribution < -0.4 is 15.0 Å². The van der Waals surface area contributed by atoms with Crippen LogP contribution >= 0.6 is 0 Å². The number of piperidine rings is 1. The number of anilines is 1. The molecule has 1 spiro atoms. The van der Waals surface area contributed by atoms with Crippen LogP contribution in [0.3, 0.4) is 0 Å². The van der Waals surface area contributed by atoms with E-state index in [1.54, 1.807) is 7.11 Å². The minimum atomic E-state index is -4.67. The smallest absolute Gasteiger partial charge is 0.394 e. The summed E-state index contributed by atoms with van der Waals surface area (Å²) in [5.41, 5.74) is -1.32. The number of carbonyl (C=O) groups excluding carboxylic acids is 3. The number of carbonyl (C=O) groups is 3. The lowest BCUT2D eigenvalue weighted by molar-refractivity contribution is -0.217. The minimum absolute atomic E-state index is 0.0904. The van der Waals surface area contributed by atoms with E-state index in [0.717, 1.165) is 33.4 Å². The number of rotatable bonds is 7. The van der Waals surface area contributed by atoms with Crippen molar-refractivity contribution in [1.82, 2.24) is 20.1 Å². The zero-order valence-electron chi connectivity index (χ0n) is 37.5. The zero-order valence-corrected chi connectivity index (χ0v) is 38.3. The van der Waals surface area contributed by atoms with Gasteiger partial charge in [-0.3, -0.25) is 33.3 Å². The number of nitrogens with one attached hydrogen (secondary N) is 2. The number of H-pyrrole nitrogens is 1. The first-order chi connectivity index (χ1) is 30.2. The molecular weight excluding hydrogens is 847 g/mol. The molecule has 6 aliphatic rings. The van der Waals surface area contributed by atoms with E-state index in [0.29, 0.717) is 82.6 Å². The van der Waals surface area contributed by atoms with Gasteiger partial charge >= 0.3 is 22.3 Å². The van der Waals surface area contributed by atoms with Gasteiger partial charge in [0.25, 0.3) is 5.91 Å². The molecule has 9 rings (SSSR count). The summed E-state index contributed by atoms with van der Waals surface area (Å²) in [6, 6.07) is 11.1. The number of ether oxygens (including phenoxy) is 3. The first kappa shape index (κ1) is 46.0. The van der Waals surface area contributed by atoms with Gasteiger partial charge in [-0.15, -0.1) is 0 Å². The van der Waals surface area contributed by atoms with Gasteiger partial charge in [-0.2, -0.15) is 8.42 Å². The molecule has 348 valence electrons. The predicted octanol–water partition coefficient (Wildman–Crippen LogP) is 2.91. The fourth-order valence-electron chi connectivity index (χ4n) is 13.6. The maximum atomic E-state index is 15.3. The lowest BCUT2D eigenvalue weighted by Crippen LogP contribution is -2.82. The number of esters is 2. The standard InChI is InChI=1S/C46H59N5O8.H2O4S/c1-8-42(55)23-28-24-45(41(54)58-7,36-30(15-19-50(25-28)26-42)29-13-10-11-14-33(29)48-36)32-21-31-34(22-35(32)57-6)49(5)38-44(31)17-20-51-18-12-16-43(9-2,37(44)51)39(59-27(3)52)46(38,56)40(53)47-4;1-5(2,3)4/h10-14,16,21-22,28,37-39,48,55-56H,8-9,15,17-20,23-26H2,1-7H3,(H,47,53);(H2,1,2,3,4)/t28-,37+,38-,39-,42+,43-,44-,45+,46+;/m1./s1. The Balaban J connectivity index is 0.00000106. The summed E-state index contributed by atoms with van der Waals surface area (Å²) < 4.78 is 50.1. The molecule has 1 aromatic heterocycles. The average Bonchev–Trinajstić information content (AvgIpc) is 3.92. The summed E-state index contributed by atoms with van der Waals surface area (Å²) in [6.07, 6.45) is 6.14. The lowest BCUT2D eigenvalue weighted by Gasteiger charge is -2.63. The summed E-state index contributed by atoms with van der Waals surface area (Å²) in [5.74, 6) is -1.25. The van der Waals surface area contributed by atoms with Gasteiger partial charge in [-0.1, -0.05) is 44.2 Å². The SMILES string of the molecule is CC[C@]1(O)C[C@H]2CN(CCc3c([nH]c4ccccc34)[C@@](C(=O)OC)(c3cc4c(cc3OC)N(C)[C@H]3[C@@](O)(C(=O)NC)[C@H](OC(C)=O)[C@]5(CC)C=CCN6CC[C@]43[C@@H]65)C2)C1.O=S(=O)(O)O. The van der Waals surface area contributed by atoms with E-state index in [2.05, 4.69) is 44.4 Å². The molecule has 1 aliphatic carbocycles. The Labute approximate surface area is 373 Å². The normalized spacial score (nSPS) is 35.0. The minimum Gasteiger partial charge on any atom is -0.496 e. The number of likely N-dealkylation sites (N-methyl/N-ethyl adjacent to an activating group) is 2. The highest BCUT2D eigenvalue weighted by Gasteiger charge is 2.80. The van der Waals surface area contributed by atoms with E-state index in [-0.39, 0.29) is 12.0 Å². The molecule has 18 heteroatoms. The van der Waals surface area contributed by atoms with Gasteiger partial charge in [0, 0.05) is 98.0 Å². The van der Waals surface area contributed by atoms with Crippen LogP contribution in [0.4, 0.5) is 5.69 Å². The van der Waals surface area contributed by atoms with Crippen LogP contribution in [-0.2, 0) is 51.5 Å². The number of hydrogen-bond donors (Lipinski definition) is 6. The van der Waals surface area contributed by atoms with Crippen LogP contribution in [0, 0.1) is 11.3 Å². The molecule has 0 radical (unpaired) electrons. The molecule has 2 saturated heterocycles. The molecule has 3 aromatic rings. The van der Waals surface area contributed by atoms with Crippen LogP contribution in [-0.4, -0.2) is 151 Å². The molecule has 1 saturated carbocycles. The summed E-state index contributed by atoms with van der Waals surface area (Å²) in [4.78, 5) is 53.4. The molecule has 5 aliphatic heterocycles. The summed E-state index contributed by atoms with van der Waals surface area (Å²) >= 11 is 0. The van der Waals surface area contributed by atoms with Gasteiger partial charge in [0.1, 0.15) is 11.2 Å². The molecule has 3 fully saturated rings. The van der Waals surface area contributed by atoms with Crippen molar-refractivity contribution in [3.8, 4) is 5.75 Å². The van der Waals surface area contributed by atoms with Crippen molar-refractivity contribution in [3.63, 3.8) is 0 Å². The van der Waals surface area contributed by atoms with Crippen LogP contribution in [0.25, 0.3) is 10.9 Å². The van der Waals surface area contributed by atoms with Crippen molar-refractivity contribution in [3.05, 3.63) is 70.9 Å². The first-order valence-corrected chi connectivity index (χ1v) is 23.4. The van der Waals surface area contributed by atoms with Crippen molar-refractivity contribution in [2.45, 2.75) is 99.5 Å². The third-order valence-corrected chi connectivity index (χ3v) is 15.7. The Kier molecular flexibility index (Phi) is 11.6. The van der Waals surface area contributed by atoms with Crippen molar-refractivity contribution < 1.29 is 56.3 Å². The lowest BCUT2D eigenvalue weighted by atomic mass is 9.47. The number of hydrogen-bond acceptors (Lipinski definition) is 13. The average molecular weight is 908 g/mol. The summed E-state index contributed by atoms with van der Waals surface area (Å²) in [6.45, 7) is 8.72. The fraction of sp³-hybridized carbons (Fsp3) is 0.587. The van der Waals surface area contributed by atoms with E-state index in [1.165, 1.54) is 21.1 Å². The summed E-state index contributed by atoms with van der Waals surface area (Å²) in [7, 11) is 1.78. The third kappa shape index (κ3) is 6.69. The van der Waals surface area contributed by atoms with Gasteiger partial charge < -0.3 is 39.6 Å². The Morgan fingerprint density at radius 1 is 1.00 bits per heavy atom. The number of para-hydroxylation sites is 1. The number of nitrogens with zero attached hydrogens (tertiary/aromatic N) is 3. The molecule has 6 N–H and O–H groups in total.